The van der Waals surface area contributed by atoms with Gasteiger partial charge < -0.3 is 10.2 Å². The van der Waals surface area contributed by atoms with Crippen LogP contribution in [-0.4, -0.2) is 19.6 Å². The van der Waals surface area contributed by atoms with Crippen LogP contribution in [0.2, 0.25) is 5.02 Å². The molecule has 1 heterocycles. The number of halogens is 1. The molecule has 2 rings (SSSR count). The number of hydrogen-bond donors (Lipinski definition) is 1. The standard InChI is InChI=1S/C18H29ClN2/c1-3-10-20-14-16-7-8-17(13-18(16)19)21-11-5-6-15(4-2)9-12-21/h7-8,13,15,20H,3-6,9-12,14H2,1-2H3. The molecule has 1 aliphatic rings. The van der Waals surface area contributed by atoms with Crippen molar-refractivity contribution in [3.63, 3.8) is 0 Å². The van der Waals surface area contributed by atoms with Crippen LogP contribution in [-0.2, 0) is 6.54 Å². The first-order chi connectivity index (χ1) is 10.2. The van der Waals surface area contributed by atoms with Crippen LogP contribution in [0.3, 0.4) is 0 Å². The van der Waals surface area contributed by atoms with E-state index in [1.165, 1.54) is 50.0 Å². The zero-order chi connectivity index (χ0) is 15.1. The van der Waals surface area contributed by atoms with Gasteiger partial charge in [0, 0.05) is 30.3 Å². The molecular formula is C18H29ClN2. The molecule has 2 nitrogen and oxygen atoms in total. The van der Waals surface area contributed by atoms with Gasteiger partial charge in [0.05, 0.1) is 0 Å². The molecule has 0 bridgehead atoms. The third-order valence-electron chi connectivity index (χ3n) is 4.57. The van der Waals surface area contributed by atoms with Gasteiger partial charge in [-0.25, -0.2) is 0 Å². The maximum absolute atomic E-state index is 6.46. The SMILES string of the molecule is CCCNCc1ccc(N2CCCC(CC)CC2)cc1Cl. The first-order valence-electron chi connectivity index (χ1n) is 8.48. The number of hydrogen-bond acceptors (Lipinski definition) is 2. The number of nitrogens with one attached hydrogen (secondary N) is 1. The van der Waals surface area contributed by atoms with Crippen molar-refractivity contribution in [1.29, 1.82) is 0 Å². The Morgan fingerprint density at radius 1 is 1.24 bits per heavy atom. The molecule has 1 unspecified atom stereocenters. The van der Waals surface area contributed by atoms with Crippen LogP contribution in [0.25, 0.3) is 0 Å². The third-order valence-corrected chi connectivity index (χ3v) is 4.92. The van der Waals surface area contributed by atoms with Gasteiger partial charge in [-0.15, -0.1) is 0 Å². The Hall–Kier alpha value is -0.730. The Morgan fingerprint density at radius 3 is 2.81 bits per heavy atom. The lowest BCUT2D eigenvalue weighted by Crippen LogP contribution is -2.24. The van der Waals surface area contributed by atoms with Crippen molar-refractivity contribution >= 4 is 17.3 Å². The second kappa shape index (κ2) is 8.65. The zero-order valence-corrected chi connectivity index (χ0v) is 14.3. The van der Waals surface area contributed by atoms with Crippen LogP contribution >= 0.6 is 11.6 Å². The van der Waals surface area contributed by atoms with E-state index in [0.717, 1.165) is 30.5 Å². The summed E-state index contributed by atoms with van der Waals surface area (Å²) in [6.07, 6.45) is 6.46. The highest BCUT2D eigenvalue weighted by Gasteiger charge is 2.16. The minimum absolute atomic E-state index is 0.866. The monoisotopic (exact) mass is 308 g/mol. The van der Waals surface area contributed by atoms with E-state index in [9.17, 15) is 0 Å². The average Bonchev–Trinajstić information content (AvgIpc) is 2.74. The van der Waals surface area contributed by atoms with Crippen molar-refractivity contribution in [2.24, 2.45) is 5.92 Å². The average molecular weight is 309 g/mol. The summed E-state index contributed by atoms with van der Waals surface area (Å²) in [6.45, 7) is 8.74. The molecule has 21 heavy (non-hydrogen) atoms. The predicted octanol–water partition coefficient (Wildman–Crippen LogP) is 4.86. The highest BCUT2D eigenvalue weighted by molar-refractivity contribution is 6.31. The van der Waals surface area contributed by atoms with E-state index in [-0.39, 0.29) is 0 Å². The van der Waals surface area contributed by atoms with E-state index >= 15 is 0 Å². The molecule has 0 spiro atoms. The summed E-state index contributed by atoms with van der Waals surface area (Å²) in [5.41, 5.74) is 2.49. The smallest absolute Gasteiger partial charge is 0.0471 e. The Bertz CT molecular complexity index is 433. The van der Waals surface area contributed by atoms with Crippen molar-refractivity contribution in [1.82, 2.24) is 5.32 Å². The molecule has 3 heteroatoms. The summed E-state index contributed by atoms with van der Waals surface area (Å²) < 4.78 is 0. The first-order valence-corrected chi connectivity index (χ1v) is 8.86. The Kier molecular flexibility index (Phi) is 6.85. The van der Waals surface area contributed by atoms with Crippen molar-refractivity contribution in [3.05, 3.63) is 28.8 Å². The fourth-order valence-corrected chi connectivity index (χ4v) is 3.35. The van der Waals surface area contributed by atoms with Crippen LogP contribution in [0.4, 0.5) is 5.69 Å². The minimum atomic E-state index is 0.866. The van der Waals surface area contributed by atoms with E-state index < -0.39 is 0 Å². The van der Waals surface area contributed by atoms with E-state index in [0.29, 0.717) is 0 Å². The lowest BCUT2D eigenvalue weighted by atomic mass is 9.98. The maximum Gasteiger partial charge on any atom is 0.0471 e. The zero-order valence-electron chi connectivity index (χ0n) is 13.5. The summed E-state index contributed by atoms with van der Waals surface area (Å²) in [7, 11) is 0. The molecule has 1 fully saturated rings. The van der Waals surface area contributed by atoms with E-state index in [4.69, 9.17) is 11.6 Å². The predicted molar refractivity (Wildman–Crippen MR) is 93.3 cm³/mol. The van der Waals surface area contributed by atoms with Crippen LogP contribution in [0.15, 0.2) is 18.2 Å². The largest absolute Gasteiger partial charge is 0.371 e. The molecule has 1 aliphatic heterocycles. The van der Waals surface area contributed by atoms with Crippen LogP contribution in [0.1, 0.15) is 51.5 Å². The molecule has 1 N–H and O–H groups in total. The second-order valence-corrected chi connectivity index (χ2v) is 6.55. The summed E-state index contributed by atoms with van der Waals surface area (Å²) in [5.74, 6) is 0.906. The summed E-state index contributed by atoms with van der Waals surface area (Å²) >= 11 is 6.46. The van der Waals surface area contributed by atoms with Gasteiger partial charge in [-0.3, -0.25) is 0 Å². The van der Waals surface area contributed by atoms with E-state index in [2.05, 4.69) is 42.3 Å². The quantitative estimate of drug-likeness (QED) is 0.755. The van der Waals surface area contributed by atoms with Crippen molar-refractivity contribution in [2.75, 3.05) is 24.5 Å². The van der Waals surface area contributed by atoms with Gasteiger partial charge in [0.25, 0.3) is 0 Å². The van der Waals surface area contributed by atoms with Gasteiger partial charge in [0.15, 0.2) is 0 Å². The fraction of sp³-hybridized carbons (Fsp3) is 0.667. The third kappa shape index (κ3) is 4.89. The van der Waals surface area contributed by atoms with Crippen molar-refractivity contribution in [3.8, 4) is 0 Å². The molecule has 118 valence electrons. The van der Waals surface area contributed by atoms with Gasteiger partial charge in [0.1, 0.15) is 0 Å². The van der Waals surface area contributed by atoms with Gasteiger partial charge in [0.2, 0.25) is 0 Å². The lowest BCUT2D eigenvalue weighted by molar-refractivity contribution is 0.459. The number of anilines is 1. The summed E-state index contributed by atoms with van der Waals surface area (Å²) in [5, 5.41) is 4.31. The van der Waals surface area contributed by atoms with Gasteiger partial charge in [-0.05, 0) is 55.8 Å². The van der Waals surface area contributed by atoms with Gasteiger partial charge in [-0.1, -0.05) is 37.9 Å². The van der Waals surface area contributed by atoms with Gasteiger partial charge >= 0.3 is 0 Å². The first kappa shape index (κ1) is 16.6. The molecule has 1 aromatic rings. The molecule has 0 saturated carbocycles. The van der Waals surface area contributed by atoms with Gasteiger partial charge in [-0.2, -0.15) is 0 Å². The van der Waals surface area contributed by atoms with Crippen molar-refractivity contribution in [2.45, 2.75) is 52.5 Å². The normalized spacial score (nSPS) is 19.6. The van der Waals surface area contributed by atoms with E-state index in [1.807, 2.05) is 0 Å². The Labute approximate surface area is 134 Å². The lowest BCUT2D eigenvalue weighted by Gasteiger charge is -2.23. The summed E-state index contributed by atoms with van der Waals surface area (Å²) in [4.78, 5) is 2.50. The second-order valence-electron chi connectivity index (χ2n) is 6.14. The van der Waals surface area contributed by atoms with E-state index in [1.54, 1.807) is 0 Å². The molecule has 0 radical (unpaired) electrons. The van der Waals surface area contributed by atoms with Crippen LogP contribution in [0, 0.1) is 5.92 Å². The molecule has 1 aromatic carbocycles. The topological polar surface area (TPSA) is 15.3 Å². The molecule has 1 saturated heterocycles. The minimum Gasteiger partial charge on any atom is -0.371 e. The highest BCUT2D eigenvalue weighted by atomic mass is 35.5. The Balaban J connectivity index is 1.98. The fourth-order valence-electron chi connectivity index (χ4n) is 3.11. The molecule has 0 amide bonds. The summed E-state index contributed by atoms with van der Waals surface area (Å²) in [6, 6.07) is 6.57. The maximum atomic E-state index is 6.46. The molecule has 0 aromatic heterocycles. The molecule has 0 aliphatic carbocycles. The molecule has 1 atom stereocenters. The molecular weight excluding hydrogens is 280 g/mol. The number of benzene rings is 1. The van der Waals surface area contributed by atoms with Crippen molar-refractivity contribution < 1.29 is 0 Å². The van der Waals surface area contributed by atoms with Crippen LogP contribution < -0.4 is 10.2 Å². The van der Waals surface area contributed by atoms with Crippen LogP contribution in [0.5, 0.6) is 0 Å². The Morgan fingerprint density at radius 2 is 2.10 bits per heavy atom. The number of rotatable bonds is 6. The highest BCUT2D eigenvalue weighted by Crippen LogP contribution is 2.28. The number of nitrogens with zero attached hydrogens (tertiary/aromatic N) is 1.